The van der Waals surface area contributed by atoms with Crippen LogP contribution in [-0.2, 0) is 4.79 Å². The first-order chi connectivity index (χ1) is 11.6. The second kappa shape index (κ2) is 6.84. The number of halogens is 1. The molecular weight excluding hydrogens is 331 g/mol. The number of hydrogen-bond donors (Lipinski definition) is 1. The van der Waals surface area contributed by atoms with Crippen LogP contribution in [-0.4, -0.2) is 24.1 Å². The van der Waals surface area contributed by atoms with Gasteiger partial charge in [0, 0.05) is 0 Å². The van der Waals surface area contributed by atoms with Gasteiger partial charge < -0.3 is 9.47 Å². The summed E-state index contributed by atoms with van der Waals surface area (Å²) in [5.41, 5.74) is 0.634. The first-order valence-electron chi connectivity index (χ1n) is 7.23. The van der Waals surface area contributed by atoms with Crippen molar-refractivity contribution in [1.29, 1.82) is 0 Å². The van der Waals surface area contributed by atoms with Gasteiger partial charge in [0.25, 0.3) is 5.91 Å². The smallest absolute Gasteiger partial charge is 0.266 e. The van der Waals surface area contributed by atoms with Gasteiger partial charge in [0.2, 0.25) is 0 Å². The van der Waals surface area contributed by atoms with Gasteiger partial charge in [-0.15, -0.1) is 0 Å². The molecule has 24 heavy (non-hydrogen) atoms. The summed E-state index contributed by atoms with van der Waals surface area (Å²) in [6.07, 6.45) is -0.745. The standard InChI is InChI=1S/C17H15FN2O3S/c1-10(23-14-6-4-3-5-13(14)22-2)16(21)20-17-19-12-8-7-11(18)9-15(12)24-17/h3-10H,1-2H3,(H,19,20,21)/t10-/m0/s1. The van der Waals surface area contributed by atoms with Gasteiger partial charge in [-0.05, 0) is 37.3 Å². The quantitative estimate of drug-likeness (QED) is 0.762. The third-order valence-corrected chi connectivity index (χ3v) is 4.26. The summed E-state index contributed by atoms with van der Waals surface area (Å²) in [6.45, 7) is 1.63. The Bertz CT molecular complexity index is 881. The fourth-order valence-corrected chi connectivity index (χ4v) is 3.01. The second-order valence-corrected chi connectivity index (χ2v) is 6.06. The van der Waals surface area contributed by atoms with Crippen LogP contribution in [0.1, 0.15) is 6.92 Å². The van der Waals surface area contributed by atoms with Gasteiger partial charge in [0.15, 0.2) is 22.7 Å². The van der Waals surface area contributed by atoms with E-state index in [1.165, 1.54) is 30.6 Å². The maximum absolute atomic E-state index is 13.2. The van der Waals surface area contributed by atoms with Gasteiger partial charge in [-0.2, -0.15) is 0 Å². The number of ether oxygens (including phenoxy) is 2. The Labute approximate surface area is 142 Å². The maximum atomic E-state index is 13.2. The highest BCUT2D eigenvalue weighted by molar-refractivity contribution is 7.22. The van der Waals surface area contributed by atoms with Crippen molar-refractivity contribution in [3.05, 3.63) is 48.3 Å². The van der Waals surface area contributed by atoms with Crippen LogP contribution in [0.15, 0.2) is 42.5 Å². The van der Waals surface area contributed by atoms with E-state index in [0.717, 1.165) is 0 Å². The molecule has 0 fully saturated rings. The molecule has 0 unspecified atom stereocenters. The number of fused-ring (bicyclic) bond motifs is 1. The third-order valence-electron chi connectivity index (χ3n) is 3.32. The number of hydrogen-bond acceptors (Lipinski definition) is 5. The molecule has 0 spiro atoms. The molecule has 0 aliphatic heterocycles. The van der Waals surface area contributed by atoms with Crippen molar-refractivity contribution in [2.24, 2.45) is 0 Å². The average molecular weight is 346 g/mol. The highest BCUT2D eigenvalue weighted by Gasteiger charge is 2.18. The molecule has 5 nitrogen and oxygen atoms in total. The highest BCUT2D eigenvalue weighted by Crippen LogP contribution is 2.28. The van der Waals surface area contributed by atoms with Gasteiger partial charge in [-0.1, -0.05) is 23.5 Å². The van der Waals surface area contributed by atoms with E-state index in [9.17, 15) is 9.18 Å². The molecule has 0 bridgehead atoms. The van der Waals surface area contributed by atoms with Crippen molar-refractivity contribution in [2.75, 3.05) is 12.4 Å². The predicted octanol–water partition coefficient (Wildman–Crippen LogP) is 3.85. The topological polar surface area (TPSA) is 60.5 Å². The number of carbonyl (C=O) groups excluding carboxylic acids is 1. The van der Waals surface area contributed by atoms with Crippen molar-refractivity contribution in [2.45, 2.75) is 13.0 Å². The van der Waals surface area contributed by atoms with Crippen LogP contribution in [0, 0.1) is 5.82 Å². The van der Waals surface area contributed by atoms with E-state index in [1.807, 2.05) is 6.07 Å². The number of benzene rings is 2. The number of methoxy groups -OCH3 is 1. The largest absolute Gasteiger partial charge is 0.493 e. The van der Waals surface area contributed by atoms with Crippen LogP contribution in [0.5, 0.6) is 11.5 Å². The monoisotopic (exact) mass is 346 g/mol. The summed E-state index contributed by atoms with van der Waals surface area (Å²) in [5.74, 6) is 0.346. The molecule has 1 aromatic heterocycles. The minimum atomic E-state index is -0.745. The zero-order valence-corrected chi connectivity index (χ0v) is 13.9. The highest BCUT2D eigenvalue weighted by atomic mass is 32.1. The minimum Gasteiger partial charge on any atom is -0.493 e. The molecule has 0 saturated heterocycles. The second-order valence-electron chi connectivity index (χ2n) is 5.03. The Balaban J connectivity index is 1.71. The lowest BCUT2D eigenvalue weighted by molar-refractivity contribution is -0.122. The number of rotatable bonds is 5. The molecule has 1 N–H and O–H groups in total. The van der Waals surface area contributed by atoms with Crippen LogP contribution < -0.4 is 14.8 Å². The average Bonchev–Trinajstić information content (AvgIpc) is 2.96. The van der Waals surface area contributed by atoms with Crippen LogP contribution in [0.25, 0.3) is 10.2 Å². The molecule has 7 heteroatoms. The van der Waals surface area contributed by atoms with Crippen molar-refractivity contribution in [3.63, 3.8) is 0 Å². The zero-order chi connectivity index (χ0) is 17.1. The van der Waals surface area contributed by atoms with Crippen LogP contribution in [0.3, 0.4) is 0 Å². The molecule has 0 saturated carbocycles. The van der Waals surface area contributed by atoms with E-state index in [0.29, 0.717) is 26.8 Å². The van der Waals surface area contributed by atoms with E-state index in [2.05, 4.69) is 10.3 Å². The number of amides is 1. The first-order valence-corrected chi connectivity index (χ1v) is 8.05. The zero-order valence-electron chi connectivity index (χ0n) is 13.1. The Morgan fingerprint density at radius 2 is 2.00 bits per heavy atom. The van der Waals surface area contributed by atoms with E-state index < -0.39 is 6.10 Å². The molecule has 1 heterocycles. The summed E-state index contributed by atoms with van der Waals surface area (Å²) < 4.78 is 24.7. The number of anilines is 1. The van der Waals surface area contributed by atoms with Gasteiger partial charge in [-0.3, -0.25) is 10.1 Å². The number of para-hydroxylation sites is 2. The molecule has 0 aliphatic carbocycles. The van der Waals surface area contributed by atoms with Crippen LogP contribution in [0.4, 0.5) is 9.52 Å². The number of carbonyl (C=O) groups is 1. The Morgan fingerprint density at radius 3 is 2.75 bits per heavy atom. The normalized spacial score (nSPS) is 12.0. The number of aromatic nitrogens is 1. The Hall–Kier alpha value is -2.67. The van der Waals surface area contributed by atoms with Crippen LogP contribution >= 0.6 is 11.3 Å². The van der Waals surface area contributed by atoms with Crippen molar-refractivity contribution in [3.8, 4) is 11.5 Å². The summed E-state index contributed by atoms with van der Waals surface area (Å²) in [6, 6.07) is 11.4. The lowest BCUT2D eigenvalue weighted by Gasteiger charge is -2.15. The maximum Gasteiger partial charge on any atom is 0.266 e. The Morgan fingerprint density at radius 1 is 1.25 bits per heavy atom. The Kier molecular flexibility index (Phi) is 4.61. The van der Waals surface area contributed by atoms with Gasteiger partial charge >= 0.3 is 0 Å². The molecule has 3 rings (SSSR count). The van der Waals surface area contributed by atoms with E-state index in [1.54, 1.807) is 31.2 Å². The lowest BCUT2D eigenvalue weighted by atomic mass is 10.3. The molecule has 0 aliphatic rings. The van der Waals surface area contributed by atoms with Gasteiger partial charge in [0.05, 0.1) is 17.3 Å². The molecule has 2 aromatic carbocycles. The fraction of sp³-hybridized carbons (Fsp3) is 0.176. The SMILES string of the molecule is COc1ccccc1O[C@@H](C)C(=O)Nc1nc2ccc(F)cc2s1. The molecule has 0 radical (unpaired) electrons. The van der Waals surface area contributed by atoms with Gasteiger partial charge in [-0.25, -0.2) is 9.37 Å². The third kappa shape index (κ3) is 3.46. The molecule has 124 valence electrons. The van der Waals surface area contributed by atoms with Crippen molar-refractivity contribution in [1.82, 2.24) is 4.98 Å². The molecule has 3 aromatic rings. The summed E-state index contributed by atoms with van der Waals surface area (Å²) in [5, 5.41) is 3.09. The fourth-order valence-electron chi connectivity index (χ4n) is 2.12. The predicted molar refractivity (Wildman–Crippen MR) is 91.3 cm³/mol. The van der Waals surface area contributed by atoms with Crippen molar-refractivity contribution >= 4 is 32.6 Å². The summed E-state index contributed by atoms with van der Waals surface area (Å²) in [4.78, 5) is 16.5. The minimum absolute atomic E-state index is 0.336. The molecule has 1 amide bonds. The van der Waals surface area contributed by atoms with E-state index in [4.69, 9.17) is 9.47 Å². The number of thiazole rings is 1. The number of nitrogens with zero attached hydrogens (tertiary/aromatic N) is 1. The van der Waals surface area contributed by atoms with Gasteiger partial charge in [0.1, 0.15) is 5.82 Å². The molecular formula is C17H15FN2O3S. The van der Waals surface area contributed by atoms with Crippen LogP contribution in [0.2, 0.25) is 0 Å². The number of nitrogens with one attached hydrogen (secondary N) is 1. The summed E-state index contributed by atoms with van der Waals surface area (Å²) >= 11 is 1.21. The van der Waals surface area contributed by atoms with Crippen molar-refractivity contribution < 1.29 is 18.7 Å². The first kappa shape index (κ1) is 16.2. The summed E-state index contributed by atoms with van der Waals surface area (Å²) in [7, 11) is 1.53. The van der Waals surface area contributed by atoms with E-state index in [-0.39, 0.29) is 11.7 Å². The lowest BCUT2D eigenvalue weighted by Crippen LogP contribution is -2.30. The molecule has 1 atom stereocenters. The van der Waals surface area contributed by atoms with E-state index >= 15 is 0 Å².